The van der Waals surface area contributed by atoms with Gasteiger partial charge in [0.2, 0.25) is 5.91 Å². The van der Waals surface area contributed by atoms with Crippen molar-refractivity contribution in [3.05, 3.63) is 33.8 Å². The van der Waals surface area contributed by atoms with Crippen LogP contribution in [0.15, 0.2) is 22.7 Å². The summed E-state index contributed by atoms with van der Waals surface area (Å²) in [6.07, 6.45) is 0. The number of benzene rings is 1. The molecule has 1 heterocycles. The van der Waals surface area contributed by atoms with Crippen molar-refractivity contribution in [3.63, 3.8) is 0 Å². The van der Waals surface area contributed by atoms with Crippen LogP contribution < -0.4 is 0 Å². The molecule has 0 saturated carbocycles. The molecule has 0 aromatic heterocycles. The van der Waals surface area contributed by atoms with E-state index in [0.717, 1.165) is 10.0 Å². The molecule has 0 saturated heterocycles. The summed E-state index contributed by atoms with van der Waals surface area (Å²) in [4.78, 5) is 25.4. The van der Waals surface area contributed by atoms with Gasteiger partial charge in [-0.3, -0.25) is 14.5 Å². The molecule has 2 rings (SSSR count). The van der Waals surface area contributed by atoms with E-state index in [-0.39, 0.29) is 11.8 Å². The van der Waals surface area contributed by atoms with Gasteiger partial charge < -0.3 is 0 Å². The van der Waals surface area contributed by atoms with Crippen molar-refractivity contribution in [1.29, 1.82) is 0 Å². The van der Waals surface area contributed by atoms with E-state index in [0.29, 0.717) is 10.9 Å². The SMILES string of the molecule is CN1C(=O)c2ccc(Br)cc2C(C)(CBr)C1=O. The van der Waals surface area contributed by atoms with Crippen LogP contribution in [0.5, 0.6) is 0 Å². The molecule has 0 bridgehead atoms. The van der Waals surface area contributed by atoms with Crippen LogP contribution >= 0.6 is 31.9 Å². The number of fused-ring (bicyclic) bond motifs is 1. The first-order chi connectivity index (χ1) is 7.91. The van der Waals surface area contributed by atoms with Crippen molar-refractivity contribution < 1.29 is 9.59 Å². The van der Waals surface area contributed by atoms with Crippen LogP contribution in [0.3, 0.4) is 0 Å². The third-order valence-corrected chi connectivity index (χ3v) is 4.77. The van der Waals surface area contributed by atoms with Crippen molar-refractivity contribution in [2.45, 2.75) is 12.3 Å². The highest BCUT2D eigenvalue weighted by Crippen LogP contribution is 2.37. The summed E-state index contributed by atoms with van der Waals surface area (Å²) < 4.78 is 0.869. The molecule has 1 unspecified atom stereocenters. The molecule has 1 aromatic rings. The summed E-state index contributed by atoms with van der Waals surface area (Å²) in [7, 11) is 1.52. The minimum atomic E-state index is -0.693. The second kappa shape index (κ2) is 4.21. The quantitative estimate of drug-likeness (QED) is 0.570. The van der Waals surface area contributed by atoms with Crippen LogP contribution in [0, 0.1) is 0 Å². The average molecular weight is 361 g/mol. The molecule has 1 atom stereocenters. The Bertz CT molecular complexity index is 515. The van der Waals surface area contributed by atoms with E-state index in [1.165, 1.54) is 11.9 Å². The highest BCUT2D eigenvalue weighted by atomic mass is 79.9. The Morgan fingerprint density at radius 1 is 1.35 bits per heavy atom. The van der Waals surface area contributed by atoms with E-state index >= 15 is 0 Å². The van der Waals surface area contributed by atoms with E-state index < -0.39 is 5.41 Å². The second-order valence-corrected chi connectivity index (χ2v) is 5.80. The first-order valence-electron chi connectivity index (χ1n) is 5.10. The minimum absolute atomic E-state index is 0.176. The van der Waals surface area contributed by atoms with Gasteiger partial charge in [0, 0.05) is 22.4 Å². The molecule has 1 aliphatic heterocycles. The van der Waals surface area contributed by atoms with Gasteiger partial charge in [-0.15, -0.1) is 0 Å². The molecule has 0 radical (unpaired) electrons. The third-order valence-electron chi connectivity index (χ3n) is 3.16. The fourth-order valence-corrected chi connectivity index (χ4v) is 2.95. The van der Waals surface area contributed by atoms with Gasteiger partial charge in [-0.1, -0.05) is 31.9 Å². The molecular weight excluding hydrogens is 350 g/mol. The number of rotatable bonds is 1. The number of carbonyl (C=O) groups excluding carboxylic acids is 2. The zero-order chi connectivity index (χ0) is 12.8. The largest absolute Gasteiger partial charge is 0.281 e. The van der Waals surface area contributed by atoms with E-state index in [1.807, 2.05) is 19.1 Å². The Kier molecular flexibility index (Phi) is 3.16. The molecule has 1 aliphatic rings. The highest BCUT2D eigenvalue weighted by molar-refractivity contribution is 9.10. The maximum atomic E-state index is 12.2. The molecule has 5 heteroatoms. The standard InChI is InChI=1S/C12H11Br2NO2/c1-12(6-13)9-5-7(14)3-4-8(9)10(16)15(2)11(12)17/h3-5H,6H2,1-2H3. The number of carbonyl (C=O) groups is 2. The maximum absolute atomic E-state index is 12.2. The van der Waals surface area contributed by atoms with Crippen molar-refractivity contribution in [3.8, 4) is 0 Å². The van der Waals surface area contributed by atoms with Crippen molar-refractivity contribution >= 4 is 43.7 Å². The highest BCUT2D eigenvalue weighted by Gasteiger charge is 2.45. The molecule has 1 aromatic carbocycles. The smallest absolute Gasteiger partial charge is 0.260 e. The van der Waals surface area contributed by atoms with Crippen LogP contribution in [0.4, 0.5) is 0 Å². The van der Waals surface area contributed by atoms with Crippen molar-refractivity contribution in [1.82, 2.24) is 4.90 Å². The number of alkyl halides is 1. The van der Waals surface area contributed by atoms with Crippen molar-refractivity contribution in [2.75, 3.05) is 12.4 Å². The first kappa shape index (κ1) is 12.8. The summed E-state index contributed by atoms with van der Waals surface area (Å²) in [5, 5.41) is 0.486. The number of nitrogens with zero attached hydrogens (tertiary/aromatic N) is 1. The maximum Gasteiger partial charge on any atom is 0.260 e. The number of amides is 2. The van der Waals surface area contributed by atoms with Gasteiger partial charge in [-0.2, -0.15) is 0 Å². The van der Waals surface area contributed by atoms with E-state index in [4.69, 9.17) is 0 Å². The lowest BCUT2D eigenvalue weighted by atomic mass is 9.77. The number of hydrogen-bond donors (Lipinski definition) is 0. The Morgan fingerprint density at radius 3 is 2.59 bits per heavy atom. The molecule has 90 valence electrons. The predicted octanol–water partition coefficient (Wildman–Crippen LogP) is 2.71. The Balaban J connectivity index is 2.74. The molecule has 2 amide bonds. The molecule has 0 N–H and O–H groups in total. The van der Waals surface area contributed by atoms with Crippen LogP contribution in [0.1, 0.15) is 22.8 Å². The zero-order valence-corrected chi connectivity index (χ0v) is 12.6. The normalized spacial score (nSPS) is 23.9. The lowest BCUT2D eigenvalue weighted by molar-refractivity contribution is -0.132. The molecule has 3 nitrogen and oxygen atoms in total. The van der Waals surface area contributed by atoms with E-state index in [9.17, 15) is 9.59 Å². The number of imide groups is 1. The Morgan fingerprint density at radius 2 is 2.00 bits per heavy atom. The minimum Gasteiger partial charge on any atom is -0.281 e. The van der Waals surface area contributed by atoms with Crippen LogP contribution in [-0.4, -0.2) is 29.1 Å². The summed E-state index contributed by atoms with van der Waals surface area (Å²) >= 11 is 6.75. The predicted molar refractivity (Wildman–Crippen MR) is 72.4 cm³/mol. The second-order valence-electron chi connectivity index (χ2n) is 4.32. The van der Waals surface area contributed by atoms with Crippen LogP contribution in [-0.2, 0) is 10.2 Å². The van der Waals surface area contributed by atoms with Gasteiger partial charge in [0.05, 0.1) is 5.41 Å². The topological polar surface area (TPSA) is 37.4 Å². The van der Waals surface area contributed by atoms with Crippen LogP contribution in [0.2, 0.25) is 0 Å². The summed E-state index contributed by atoms with van der Waals surface area (Å²) in [5.74, 6) is -0.416. The van der Waals surface area contributed by atoms with Gasteiger partial charge in [-0.05, 0) is 30.7 Å². The summed E-state index contributed by atoms with van der Waals surface area (Å²) in [5.41, 5.74) is 0.677. The third kappa shape index (κ3) is 1.76. The first-order valence-corrected chi connectivity index (χ1v) is 7.01. The molecular formula is C12H11Br2NO2. The van der Waals surface area contributed by atoms with Gasteiger partial charge in [0.1, 0.15) is 0 Å². The lowest BCUT2D eigenvalue weighted by Crippen LogP contribution is -2.52. The fraction of sp³-hybridized carbons (Fsp3) is 0.333. The zero-order valence-electron chi connectivity index (χ0n) is 9.46. The molecule has 0 fully saturated rings. The summed E-state index contributed by atoms with van der Waals surface area (Å²) in [6.45, 7) is 1.85. The number of halogens is 2. The van der Waals surface area contributed by atoms with Gasteiger partial charge in [-0.25, -0.2) is 0 Å². The van der Waals surface area contributed by atoms with Crippen LogP contribution in [0.25, 0.3) is 0 Å². The fourth-order valence-electron chi connectivity index (χ4n) is 2.05. The lowest BCUT2D eigenvalue weighted by Gasteiger charge is -2.37. The monoisotopic (exact) mass is 359 g/mol. The van der Waals surface area contributed by atoms with Gasteiger partial charge in [0.15, 0.2) is 0 Å². The molecule has 0 spiro atoms. The number of hydrogen-bond acceptors (Lipinski definition) is 2. The molecule has 0 aliphatic carbocycles. The summed E-state index contributed by atoms with van der Waals surface area (Å²) in [6, 6.07) is 5.42. The molecule has 17 heavy (non-hydrogen) atoms. The van der Waals surface area contributed by atoms with E-state index in [1.54, 1.807) is 6.07 Å². The number of likely N-dealkylation sites (N-methyl/N-ethyl adjacent to an activating group) is 1. The Labute approximate surface area is 116 Å². The van der Waals surface area contributed by atoms with E-state index in [2.05, 4.69) is 31.9 Å². The average Bonchev–Trinajstić information content (AvgIpc) is 2.33. The Hall–Kier alpha value is -0.680. The van der Waals surface area contributed by atoms with Gasteiger partial charge in [0.25, 0.3) is 5.91 Å². The van der Waals surface area contributed by atoms with Gasteiger partial charge >= 0.3 is 0 Å². The van der Waals surface area contributed by atoms with Crippen molar-refractivity contribution in [2.24, 2.45) is 0 Å².